The second-order valence-corrected chi connectivity index (χ2v) is 5.79. The minimum Gasteiger partial charge on any atom is -0.481 e. The van der Waals surface area contributed by atoms with E-state index in [9.17, 15) is 19.5 Å². The summed E-state index contributed by atoms with van der Waals surface area (Å²) in [7, 11) is 0. The average Bonchev–Trinajstić information content (AvgIpc) is 2.48. The van der Waals surface area contributed by atoms with Crippen LogP contribution in [0.25, 0.3) is 0 Å². The van der Waals surface area contributed by atoms with Crippen LogP contribution >= 0.6 is 0 Å². The van der Waals surface area contributed by atoms with Crippen molar-refractivity contribution in [3.8, 4) is 0 Å². The van der Waals surface area contributed by atoms with Crippen molar-refractivity contribution in [1.82, 2.24) is 0 Å². The molecule has 2 rings (SSSR count). The first-order valence-corrected chi connectivity index (χ1v) is 7.44. The van der Waals surface area contributed by atoms with Gasteiger partial charge in [-0.2, -0.15) is 0 Å². The van der Waals surface area contributed by atoms with Gasteiger partial charge in [-0.05, 0) is 44.0 Å². The van der Waals surface area contributed by atoms with Crippen LogP contribution in [0.1, 0.15) is 26.7 Å². The average molecular weight is 316 g/mol. The summed E-state index contributed by atoms with van der Waals surface area (Å²) in [6.45, 7) is 3.32. The number of benzene rings is 1. The van der Waals surface area contributed by atoms with Crippen molar-refractivity contribution < 1.29 is 19.5 Å². The van der Waals surface area contributed by atoms with Crippen molar-refractivity contribution in [1.29, 1.82) is 0 Å². The monoisotopic (exact) mass is 316 g/mol. The molecule has 6 nitrogen and oxygen atoms in total. The fraction of sp³-hybridized carbons (Fsp3) is 0.353. The predicted octanol–water partition coefficient (Wildman–Crippen LogP) is 2.64. The van der Waals surface area contributed by atoms with Gasteiger partial charge in [0.1, 0.15) is 0 Å². The van der Waals surface area contributed by atoms with Gasteiger partial charge in [-0.15, -0.1) is 0 Å². The first-order valence-electron chi connectivity index (χ1n) is 7.44. The Morgan fingerprint density at radius 1 is 1.04 bits per heavy atom. The Balaban J connectivity index is 2.06. The van der Waals surface area contributed by atoms with Gasteiger partial charge in [0.05, 0.1) is 11.8 Å². The van der Waals surface area contributed by atoms with Gasteiger partial charge in [0, 0.05) is 18.3 Å². The lowest BCUT2D eigenvalue weighted by atomic mass is 9.79. The molecular weight excluding hydrogens is 296 g/mol. The molecule has 2 atom stereocenters. The number of carbonyl (C=O) groups excluding carboxylic acids is 2. The van der Waals surface area contributed by atoms with E-state index in [4.69, 9.17) is 0 Å². The summed E-state index contributed by atoms with van der Waals surface area (Å²) in [5.74, 6) is -2.69. The number of carbonyl (C=O) groups is 3. The summed E-state index contributed by atoms with van der Waals surface area (Å²) in [6.07, 6.45) is 2.71. The molecule has 0 saturated heterocycles. The molecule has 0 radical (unpaired) electrons. The van der Waals surface area contributed by atoms with Gasteiger partial charge in [0.2, 0.25) is 11.8 Å². The molecule has 0 aromatic heterocycles. The highest BCUT2D eigenvalue weighted by atomic mass is 16.4. The lowest BCUT2D eigenvalue weighted by Crippen LogP contribution is -2.35. The van der Waals surface area contributed by atoms with Crippen LogP contribution in [-0.2, 0) is 14.4 Å². The quantitative estimate of drug-likeness (QED) is 0.744. The third kappa shape index (κ3) is 4.42. The van der Waals surface area contributed by atoms with Crippen LogP contribution < -0.4 is 10.6 Å². The molecule has 6 heteroatoms. The lowest BCUT2D eigenvalue weighted by molar-refractivity contribution is -0.146. The van der Waals surface area contributed by atoms with Crippen LogP contribution in [0.3, 0.4) is 0 Å². The van der Waals surface area contributed by atoms with E-state index in [1.54, 1.807) is 24.3 Å². The van der Waals surface area contributed by atoms with Crippen LogP contribution in [0.15, 0.2) is 35.9 Å². The second-order valence-electron chi connectivity index (χ2n) is 5.79. The molecule has 0 spiro atoms. The lowest BCUT2D eigenvalue weighted by Gasteiger charge is -2.26. The van der Waals surface area contributed by atoms with E-state index in [1.807, 2.05) is 13.0 Å². The van der Waals surface area contributed by atoms with Gasteiger partial charge in [-0.3, -0.25) is 14.4 Å². The SMILES string of the molecule is CC(=O)Nc1ccc(NC(=O)[C@@H]2CC(C)=CC[C@@H]2C(=O)O)cc1. The molecule has 1 aliphatic carbocycles. The Morgan fingerprint density at radius 2 is 1.61 bits per heavy atom. The molecule has 23 heavy (non-hydrogen) atoms. The number of allylic oxidation sites excluding steroid dienone is 2. The summed E-state index contributed by atoms with van der Waals surface area (Å²) in [4.78, 5) is 34.7. The first kappa shape index (κ1) is 16.7. The number of carboxylic acids is 1. The van der Waals surface area contributed by atoms with E-state index in [0.29, 0.717) is 24.2 Å². The van der Waals surface area contributed by atoms with Gasteiger partial charge in [0.15, 0.2) is 0 Å². The van der Waals surface area contributed by atoms with E-state index in [1.165, 1.54) is 6.92 Å². The summed E-state index contributed by atoms with van der Waals surface area (Å²) < 4.78 is 0. The molecule has 0 heterocycles. The van der Waals surface area contributed by atoms with E-state index in [-0.39, 0.29) is 11.8 Å². The number of aliphatic carboxylic acids is 1. The maximum atomic E-state index is 12.4. The zero-order valence-corrected chi connectivity index (χ0v) is 13.1. The molecule has 0 fully saturated rings. The maximum Gasteiger partial charge on any atom is 0.307 e. The third-order valence-corrected chi connectivity index (χ3v) is 3.87. The summed E-state index contributed by atoms with van der Waals surface area (Å²) in [5.41, 5.74) is 2.24. The smallest absolute Gasteiger partial charge is 0.307 e. The fourth-order valence-corrected chi connectivity index (χ4v) is 2.69. The van der Waals surface area contributed by atoms with Crippen LogP contribution in [0, 0.1) is 11.8 Å². The molecule has 122 valence electrons. The van der Waals surface area contributed by atoms with Crippen molar-refractivity contribution in [3.05, 3.63) is 35.9 Å². The molecule has 0 unspecified atom stereocenters. The molecule has 0 saturated carbocycles. The van der Waals surface area contributed by atoms with E-state index in [2.05, 4.69) is 10.6 Å². The highest BCUT2D eigenvalue weighted by molar-refractivity contribution is 5.96. The number of hydrogen-bond acceptors (Lipinski definition) is 3. The van der Waals surface area contributed by atoms with Gasteiger partial charge in [0.25, 0.3) is 0 Å². The van der Waals surface area contributed by atoms with Crippen molar-refractivity contribution >= 4 is 29.2 Å². The molecule has 1 aromatic rings. The van der Waals surface area contributed by atoms with Crippen LogP contribution in [0.5, 0.6) is 0 Å². The minimum atomic E-state index is -0.949. The summed E-state index contributed by atoms with van der Waals surface area (Å²) in [5, 5.41) is 14.7. The van der Waals surface area contributed by atoms with E-state index in [0.717, 1.165) is 5.57 Å². The zero-order chi connectivity index (χ0) is 17.0. The van der Waals surface area contributed by atoms with Crippen molar-refractivity contribution in [3.63, 3.8) is 0 Å². The number of nitrogens with one attached hydrogen (secondary N) is 2. The topological polar surface area (TPSA) is 95.5 Å². The summed E-state index contributed by atoms with van der Waals surface area (Å²) in [6, 6.07) is 6.70. The number of anilines is 2. The van der Waals surface area contributed by atoms with Crippen molar-refractivity contribution in [2.24, 2.45) is 11.8 Å². The first-order chi connectivity index (χ1) is 10.9. The molecule has 0 bridgehead atoms. The number of rotatable bonds is 4. The van der Waals surface area contributed by atoms with Crippen molar-refractivity contribution in [2.45, 2.75) is 26.7 Å². The normalized spacial score (nSPS) is 20.3. The van der Waals surface area contributed by atoms with Gasteiger partial charge in [-0.1, -0.05) is 11.6 Å². The minimum absolute atomic E-state index is 0.171. The molecule has 1 aliphatic rings. The van der Waals surface area contributed by atoms with Gasteiger partial charge in [-0.25, -0.2) is 0 Å². The Morgan fingerprint density at radius 3 is 2.13 bits per heavy atom. The maximum absolute atomic E-state index is 12.4. The zero-order valence-electron chi connectivity index (χ0n) is 13.1. The highest BCUT2D eigenvalue weighted by Crippen LogP contribution is 2.31. The highest BCUT2D eigenvalue weighted by Gasteiger charge is 2.35. The third-order valence-electron chi connectivity index (χ3n) is 3.87. The van der Waals surface area contributed by atoms with Crippen LogP contribution in [0.4, 0.5) is 11.4 Å². The van der Waals surface area contributed by atoms with E-state index < -0.39 is 17.8 Å². The molecule has 1 aromatic carbocycles. The largest absolute Gasteiger partial charge is 0.481 e. The van der Waals surface area contributed by atoms with Crippen LogP contribution in [-0.4, -0.2) is 22.9 Å². The van der Waals surface area contributed by atoms with E-state index >= 15 is 0 Å². The predicted molar refractivity (Wildman–Crippen MR) is 87.0 cm³/mol. The Hall–Kier alpha value is -2.63. The van der Waals surface area contributed by atoms with Gasteiger partial charge < -0.3 is 15.7 Å². The molecule has 3 N–H and O–H groups in total. The van der Waals surface area contributed by atoms with Crippen LogP contribution in [0.2, 0.25) is 0 Å². The Labute approximate surface area is 134 Å². The molecule has 0 aliphatic heterocycles. The molecular formula is C17H20N2O4. The van der Waals surface area contributed by atoms with Crippen molar-refractivity contribution in [2.75, 3.05) is 10.6 Å². The standard InChI is InChI=1S/C17H20N2O4/c1-10-3-8-14(17(22)23)15(9-10)16(21)19-13-6-4-12(5-7-13)18-11(2)20/h3-7,14-15H,8-9H2,1-2H3,(H,18,20)(H,19,21)(H,22,23)/t14-,15+/m0/s1. The van der Waals surface area contributed by atoms with Gasteiger partial charge >= 0.3 is 5.97 Å². The number of hydrogen-bond donors (Lipinski definition) is 3. The Kier molecular flexibility index (Phi) is 5.16. The molecule has 2 amide bonds. The Bertz CT molecular complexity index is 649. The second kappa shape index (κ2) is 7.09. The summed E-state index contributed by atoms with van der Waals surface area (Å²) >= 11 is 0. The number of amides is 2. The number of carboxylic acid groups (broad SMARTS) is 1. The fourth-order valence-electron chi connectivity index (χ4n) is 2.69.